The largest absolute Gasteiger partial charge is 0.481 e. The number of aliphatic carboxylic acids is 1. The van der Waals surface area contributed by atoms with Crippen LogP contribution in [0, 0.1) is 11.8 Å². The molecule has 3 atom stereocenters. The summed E-state index contributed by atoms with van der Waals surface area (Å²) >= 11 is 0. The van der Waals surface area contributed by atoms with Crippen LogP contribution in [0.25, 0.3) is 0 Å². The van der Waals surface area contributed by atoms with Gasteiger partial charge in [-0.15, -0.1) is 0 Å². The number of rotatable bonds is 7. The van der Waals surface area contributed by atoms with Crippen molar-refractivity contribution >= 4 is 11.8 Å². The van der Waals surface area contributed by atoms with Crippen LogP contribution >= 0.6 is 0 Å². The lowest BCUT2D eigenvalue weighted by Gasteiger charge is -2.34. The molecule has 0 aliphatic heterocycles. The average molecular weight is 312 g/mol. The van der Waals surface area contributed by atoms with Gasteiger partial charge < -0.3 is 14.9 Å². The highest BCUT2D eigenvalue weighted by atomic mass is 16.5. The van der Waals surface area contributed by atoms with Gasteiger partial charge in [0.15, 0.2) is 0 Å². The van der Waals surface area contributed by atoms with Gasteiger partial charge in [0.2, 0.25) is 0 Å². The second-order valence-electron chi connectivity index (χ2n) is 6.71. The van der Waals surface area contributed by atoms with Crippen LogP contribution in [0.3, 0.4) is 0 Å². The molecule has 22 heavy (non-hydrogen) atoms. The molecule has 2 fully saturated rings. The second-order valence-corrected chi connectivity index (χ2v) is 6.71. The first-order valence-electron chi connectivity index (χ1n) is 8.63. The molecule has 2 rings (SSSR count). The summed E-state index contributed by atoms with van der Waals surface area (Å²) in [6, 6.07) is 0. The number of hydrogen-bond donors (Lipinski definition) is 2. The van der Waals surface area contributed by atoms with E-state index in [-0.39, 0.29) is 30.1 Å². The summed E-state index contributed by atoms with van der Waals surface area (Å²) in [6.45, 7) is 0.408. The normalized spacial score (nSPS) is 30.1. The topological polar surface area (TPSA) is 83.8 Å². The Labute approximate surface area is 132 Å². The van der Waals surface area contributed by atoms with Crippen molar-refractivity contribution in [1.82, 2.24) is 0 Å². The van der Waals surface area contributed by atoms with Crippen LogP contribution in [0.1, 0.15) is 64.2 Å². The minimum Gasteiger partial charge on any atom is -0.481 e. The molecule has 5 nitrogen and oxygen atoms in total. The zero-order valence-corrected chi connectivity index (χ0v) is 13.2. The molecular weight excluding hydrogens is 284 g/mol. The summed E-state index contributed by atoms with van der Waals surface area (Å²) in [7, 11) is 0. The fraction of sp³-hybridized carbons (Fsp3) is 0.882. The van der Waals surface area contributed by atoms with Gasteiger partial charge in [-0.2, -0.15) is 0 Å². The summed E-state index contributed by atoms with van der Waals surface area (Å²) in [4.78, 5) is 23.0. The van der Waals surface area contributed by atoms with Gasteiger partial charge in [0.25, 0.3) is 0 Å². The van der Waals surface area contributed by atoms with Crippen LogP contribution < -0.4 is 0 Å². The second kappa shape index (κ2) is 8.63. The molecule has 2 aliphatic rings. The Kier molecular flexibility index (Phi) is 6.83. The van der Waals surface area contributed by atoms with Crippen molar-refractivity contribution in [3.05, 3.63) is 0 Å². The molecule has 126 valence electrons. The highest BCUT2D eigenvalue weighted by Crippen LogP contribution is 2.33. The quantitative estimate of drug-likeness (QED) is 0.706. The maximum atomic E-state index is 12.5. The Morgan fingerprint density at radius 1 is 1.05 bits per heavy atom. The molecule has 0 heterocycles. The van der Waals surface area contributed by atoms with E-state index in [0.29, 0.717) is 25.9 Å². The van der Waals surface area contributed by atoms with Gasteiger partial charge in [0.1, 0.15) is 5.78 Å². The Hall–Kier alpha value is -0.940. The lowest BCUT2D eigenvalue weighted by Crippen LogP contribution is -2.40. The molecule has 2 saturated carbocycles. The maximum Gasteiger partial charge on any atom is 0.303 e. The molecule has 0 aromatic heterocycles. The van der Waals surface area contributed by atoms with Crippen LogP contribution in [0.2, 0.25) is 0 Å². The third-order valence-corrected chi connectivity index (χ3v) is 5.03. The highest BCUT2D eigenvalue weighted by Gasteiger charge is 2.37. The first-order valence-corrected chi connectivity index (χ1v) is 8.63. The van der Waals surface area contributed by atoms with E-state index in [4.69, 9.17) is 9.84 Å². The lowest BCUT2D eigenvalue weighted by atomic mass is 9.74. The van der Waals surface area contributed by atoms with Crippen LogP contribution in [-0.2, 0) is 14.3 Å². The number of ether oxygens (including phenoxy) is 1. The Morgan fingerprint density at radius 2 is 1.77 bits per heavy atom. The van der Waals surface area contributed by atoms with E-state index in [1.807, 2.05) is 0 Å². The van der Waals surface area contributed by atoms with Crippen molar-refractivity contribution in [2.45, 2.75) is 76.4 Å². The standard InChI is InChI=1S/C17H28O5/c18-15-11-13(22-10-4-7-16(19)20)8-9-14(15)17(21)12-5-2-1-3-6-12/h12-15,18H,1-11H2,(H,19,20). The Bertz CT molecular complexity index is 375. The summed E-state index contributed by atoms with van der Waals surface area (Å²) in [5.74, 6) is -0.620. The number of Topliss-reactive ketones (excluding diaryl/α,β-unsaturated/α-hetero) is 1. The lowest BCUT2D eigenvalue weighted by molar-refractivity contribution is -0.139. The molecule has 0 amide bonds. The predicted molar refractivity (Wildman–Crippen MR) is 81.5 cm³/mol. The Balaban J connectivity index is 1.72. The number of aliphatic hydroxyl groups excluding tert-OH is 1. The van der Waals surface area contributed by atoms with Crippen LogP contribution in [0.4, 0.5) is 0 Å². The van der Waals surface area contributed by atoms with Gasteiger partial charge >= 0.3 is 5.97 Å². The van der Waals surface area contributed by atoms with E-state index in [1.165, 1.54) is 6.42 Å². The first-order chi connectivity index (χ1) is 10.6. The fourth-order valence-electron chi connectivity index (χ4n) is 3.76. The molecule has 0 bridgehead atoms. The van der Waals surface area contributed by atoms with Crippen LogP contribution in [0.15, 0.2) is 0 Å². The molecule has 2 aliphatic carbocycles. The van der Waals surface area contributed by atoms with Gasteiger partial charge in [-0.05, 0) is 32.1 Å². The minimum absolute atomic E-state index is 0.0424. The molecule has 5 heteroatoms. The zero-order valence-electron chi connectivity index (χ0n) is 13.2. The van der Waals surface area contributed by atoms with E-state index in [1.54, 1.807) is 0 Å². The first kappa shape index (κ1) is 17.4. The van der Waals surface area contributed by atoms with E-state index >= 15 is 0 Å². The fourth-order valence-corrected chi connectivity index (χ4v) is 3.76. The number of carbonyl (C=O) groups excluding carboxylic acids is 1. The SMILES string of the molecule is O=C(O)CCCOC1CCC(C(=O)C2CCCCC2)C(O)C1. The van der Waals surface area contributed by atoms with Crippen molar-refractivity contribution in [2.75, 3.05) is 6.61 Å². The molecule has 0 spiro atoms. The molecule has 0 saturated heterocycles. The molecule has 2 N–H and O–H groups in total. The van der Waals surface area contributed by atoms with Crippen LogP contribution in [0.5, 0.6) is 0 Å². The highest BCUT2D eigenvalue weighted by molar-refractivity contribution is 5.84. The number of carboxylic acids is 1. The number of carbonyl (C=O) groups is 2. The monoisotopic (exact) mass is 312 g/mol. The smallest absolute Gasteiger partial charge is 0.303 e. The van der Waals surface area contributed by atoms with Gasteiger partial charge in [0, 0.05) is 31.3 Å². The summed E-state index contributed by atoms with van der Waals surface area (Å²) in [6.07, 6.45) is 7.39. The van der Waals surface area contributed by atoms with Gasteiger partial charge in [-0.25, -0.2) is 0 Å². The number of ketones is 1. The minimum atomic E-state index is -0.814. The number of hydrogen-bond acceptors (Lipinski definition) is 4. The average Bonchev–Trinajstić information content (AvgIpc) is 2.52. The van der Waals surface area contributed by atoms with Crippen molar-refractivity contribution in [3.8, 4) is 0 Å². The summed E-state index contributed by atoms with van der Waals surface area (Å²) < 4.78 is 5.64. The third-order valence-electron chi connectivity index (χ3n) is 5.03. The number of carboxylic acid groups (broad SMARTS) is 1. The third kappa shape index (κ3) is 5.06. The molecule has 3 unspecified atom stereocenters. The summed E-state index contributed by atoms with van der Waals surface area (Å²) in [5, 5.41) is 18.9. The van der Waals surface area contributed by atoms with E-state index in [0.717, 1.165) is 32.1 Å². The summed E-state index contributed by atoms with van der Waals surface area (Å²) in [5.41, 5.74) is 0. The van der Waals surface area contributed by atoms with Crippen molar-refractivity contribution < 1.29 is 24.5 Å². The van der Waals surface area contributed by atoms with Gasteiger partial charge in [-0.1, -0.05) is 19.3 Å². The number of aliphatic hydroxyl groups is 1. The Morgan fingerprint density at radius 3 is 2.41 bits per heavy atom. The molecule has 0 aromatic rings. The van der Waals surface area contributed by atoms with E-state index < -0.39 is 12.1 Å². The van der Waals surface area contributed by atoms with Crippen molar-refractivity contribution in [1.29, 1.82) is 0 Å². The van der Waals surface area contributed by atoms with Crippen molar-refractivity contribution in [2.24, 2.45) is 11.8 Å². The molecular formula is C17H28O5. The molecule has 0 radical (unpaired) electrons. The zero-order chi connectivity index (χ0) is 15.9. The van der Waals surface area contributed by atoms with Gasteiger partial charge in [0.05, 0.1) is 12.2 Å². The van der Waals surface area contributed by atoms with E-state index in [2.05, 4.69) is 0 Å². The van der Waals surface area contributed by atoms with Crippen LogP contribution in [-0.4, -0.2) is 40.8 Å². The van der Waals surface area contributed by atoms with Gasteiger partial charge in [-0.3, -0.25) is 9.59 Å². The molecule has 0 aromatic carbocycles. The predicted octanol–water partition coefficient (Wildman–Crippen LogP) is 2.55. The maximum absolute atomic E-state index is 12.5. The van der Waals surface area contributed by atoms with Crippen molar-refractivity contribution in [3.63, 3.8) is 0 Å². The van der Waals surface area contributed by atoms with E-state index in [9.17, 15) is 14.7 Å².